The van der Waals surface area contributed by atoms with Crippen molar-refractivity contribution in [2.24, 2.45) is 7.05 Å². The maximum atomic E-state index is 13.1. The van der Waals surface area contributed by atoms with E-state index in [0.717, 1.165) is 35.8 Å². The second kappa shape index (κ2) is 6.24. The van der Waals surface area contributed by atoms with Crippen molar-refractivity contribution in [3.8, 4) is 5.69 Å². The number of amides is 1. The summed E-state index contributed by atoms with van der Waals surface area (Å²) in [7, 11) is 1.96. The van der Waals surface area contributed by atoms with Gasteiger partial charge in [0.1, 0.15) is 17.0 Å². The third kappa shape index (κ3) is 2.65. The summed E-state index contributed by atoms with van der Waals surface area (Å²) in [5.41, 5.74) is 0.954. The van der Waals surface area contributed by atoms with Crippen LogP contribution in [0.3, 0.4) is 0 Å². The average Bonchev–Trinajstić information content (AvgIpc) is 3.34. The standard InChI is InChI=1S/C17H19N5OS/c1-20-12-18-19-16(20)13-5-4-9-22(11-13)17(23)15-14(6-10-24-15)21-7-2-3-8-21/h2-3,6-8,10,12-13H,4-5,9,11H2,1H3. The molecular formula is C17H19N5OS. The Morgan fingerprint density at radius 2 is 2.17 bits per heavy atom. The number of carbonyl (C=O) groups excluding carboxylic acids is 1. The molecule has 1 amide bonds. The van der Waals surface area contributed by atoms with Crippen molar-refractivity contribution in [2.45, 2.75) is 18.8 Å². The fraction of sp³-hybridized carbons (Fsp3) is 0.353. The van der Waals surface area contributed by atoms with Gasteiger partial charge in [-0.2, -0.15) is 0 Å². The summed E-state index contributed by atoms with van der Waals surface area (Å²) in [4.78, 5) is 15.8. The smallest absolute Gasteiger partial charge is 0.266 e. The van der Waals surface area contributed by atoms with E-state index in [0.29, 0.717) is 6.54 Å². The minimum absolute atomic E-state index is 0.112. The molecule has 0 N–H and O–H groups in total. The molecular weight excluding hydrogens is 322 g/mol. The Balaban J connectivity index is 1.57. The largest absolute Gasteiger partial charge is 0.337 e. The molecule has 0 radical (unpaired) electrons. The Hall–Kier alpha value is -2.41. The molecule has 24 heavy (non-hydrogen) atoms. The van der Waals surface area contributed by atoms with Crippen LogP contribution in [0.25, 0.3) is 5.69 Å². The summed E-state index contributed by atoms with van der Waals surface area (Å²) >= 11 is 1.51. The van der Waals surface area contributed by atoms with Gasteiger partial charge in [-0.3, -0.25) is 4.79 Å². The first kappa shape index (κ1) is 15.1. The summed E-state index contributed by atoms with van der Waals surface area (Å²) in [6.45, 7) is 1.50. The Kier molecular flexibility index (Phi) is 3.93. The molecule has 1 aliphatic heterocycles. The van der Waals surface area contributed by atoms with Gasteiger partial charge in [0.05, 0.1) is 5.69 Å². The highest BCUT2D eigenvalue weighted by Crippen LogP contribution is 2.29. The van der Waals surface area contributed by atoms with Gasteiger partial charge in [-0.25, -0.2) is 0 Å². The monoisotopic (exact) mass is 341 g/mol. The summed E-state index contributed by atoms with van der Waals surface area (Å²) in [6, 6.07) is 5.94. The Morgan fingerprint density at radius 1 is 1.33 bits per heavy atom. The molecule has 3 aromatic rings. The fourth-order valence-electron chi connectivity index (χ4n) is 3.34. The topological polar surface area (TPSA) is 56.0 Å². The normalized spacial score (nSPS) is 18.0. The number of likely N-dealkylation sites (tertiary alicyclic amines) is 1. The van der Waals surface area contributed by atoms with Crippen LogP contribution in [-0.2, 0) is 7.05 Å². The number of hydrogen-bond acceptors (Lipinski definition) is 4. The van der Waals surface area contributed by atoms with Crippen LogP contribution in [0.5, 0.6) is 0 Å². The van der Waals surface area contributed by atoms with Gasteiger partial charge in [-0.15, -0.1) is 21.5 Å². The predicted molar refractivity (Wildman–Crippen MR) is 92.5 cm³/mol. The molecule has 0 aliphatic carbocycles. The molecule has 1 saturated heterocycles. The van der Waals surface area contributed by atoms with Gasteiger partial charge in [0.2, 0.25) is 0 Å². The van der Waals surface area contributed by atoms with E-state index in [1.165, 1.54) is 11.3 Å². The van der Waals surface area contributed by atoms with Crippen LogP contribution in [0.2, 0.25) is 0 Å². The van der Waals surface area contributed by atoms with E-state index < -0.39 is 0 Å². The lowest BCUT2D eigenvalue weighted by Crippen LogP contribution is -2.39. The number of rotatable bonds is 3. The van der Waals surface area contributed by atoms with Crippen molar-refractivity contribution < 1.29 is 4.79 Å². The summed E-state index contributed by atoms with van der Waals surface area (Å²) in [5, 5.41) is 10.2. The van der Waals surface area contributed by atoms with Crippen LogP contribution in [0, 0.1) is 0 Å². The van der Waals surface area contributed by atoms with E-state index in [-0.39, 0.29) is 11.8 Å². The highest BCUT2D eigenvalue weighted by molar-refractivity contribution is 7.12. The second-order valence-electron chi connectivity index (χ2n) is 6.12. The van der Waals surface area contributed by atoms with E-state index in [1.54, 1.807) is 6.33 Å². The van der Waals surface area contributed by atoms with E-state index in [4.69, 9.17) is 0 Å². The molecule has 0 spiro atoms. The molecule has 1 fully saturated rings. The average molecular weight is 341 g/mol. The summed E-state index contributed by atoms with van der Waals surface area (Å²) < 4.78 is 3.95. The molecule has 124 valence electrons. The van der Waals surface area contributed by atoms with Crippen molar-refractivity contribution in [2.75, 3.05) is 13.1 Å². The molecule has 0 bridgehead atoms. The molecule has 1 atom stereocenters. The number of thiophene rings is 1. The van der Waals surface area contributed by atoms with Crippen LogP contribution in [-0.4, -0.2) is 43.2 Å². The van der Waals surface area contributed by atoms with Crippen molar-refractivity contribution >= 4 is 17.2 Å². The number of hydrogen-bond donors (Lipinski definition) is 0. The molecule has 4 heterocycles. The first-order chi connectivity index (χ1) is 11.7. The predicted octanol–water partition coefficient (Wildman–Crippen LogP) is 2.69. The SMILES string of the molecule is Cn1cnnc1C1CCCN(C(=O)c2sccc2-n2cccc2)C1. The zero-order valence-corrected chi connectivity index (χ0v) is 14.3. The van der Waals surface area contributed by atoms with Crippen LogP contribution in [0.15, 0.2) is 42.3 Å². The third-order valence-electron chi connectivity index (χ3n) is 4.54. The van der Waals surface area contributed by atoms with Gasteiger partial charge >= 0.3 is 0 Å². The molecule has 1 aliphatic rings. The highest BCUT2D eigenvalue weighted by atomic mass is 32.1. The van der Waals surface area contributed by atoms with Crippen LogP contribution >= 0.6 is 11.3 Å². The van der Waals surface area contributed by atoms with Crippen molar-refractivity contribution in [1.82, 2.24) is 24.2 Å². The van der Waals surface area contributed by atoms with Gasteiger partial charge in [0.25, 0.3) is 5.91 Å². The molecule has 3 aromatic heterocycles. The maximum Gasteiger partial charge on any atom is 0.266 e. The van der Waals surface area contributed by atoms with Gasteiger partial charge in [0.15, 0.2) is 0 Å². The number of piperidine rings is 1. The second-order valence-corrected chi connectivity index (χ2v) is 7.03. The number of aromatic nitrogens is 4. The van der Waals surface area contributed by atoms with Gasteiger partial charge in [-0.1, -0.05) is 0 Å². The highest BCUT2D eigenvalue weighted by Gasteiger charge is 2.29. The lowest BCUT2D eigenvalue weighted by atomic mass is 9.97. The molecule has 4 rings (SSSR count). The Bertz CT molecular complexity index is 835. The van der Waals surface area contributed by atoms with Crippen molar-refractivity contribution in [3.05, 3.63) is 53.0 Å². The third-order valence-corrected chi connectivity index (χ3v) is 5.43. The number of nitrogens with zero attached hydrogens (tertiary/aromatic N) is 5. The summed E-state index contributed by atoms with van der Waals surface area (Å²) in [5.74, 6) is 1.33. The van der Waals surface area contributed by atoms with Crippen molar-refractivity contribution in [3.63, 3.8) is 0 Å². The van der Waals surface area contributed by atoms with Crippen LogP contribution < -0.4 is 0 Å². The van der Waals surface area contributed by atoms with Crippen LogP contribution in [0.4, 0.5) is 0 Å². The number of aryl methyl sites for hydroxylation is 1. The van der Waals surface area contributed by atoms with Gasteiger partial charge < -0.3 is 14.0 Å². The Morgan fingerprint density at radius 3 is 2.92 bits per heavy atom. The summed E-state index contributed by atoms with van der Waals surface area (Å²) in [6.07, 6.45) is 7.70. The number of carbonyl (C=O) groups is 1. The lowest BCUT2D eigenvalue weighted by molar-refractivity contribution is 0.0708. The van der Waals surface area contributed by atoms with Gasteiger partial charge in [0, 0.05) is 38.4 Å². The molecule has 0 saturated carbocycles. The zero-order valence-electron chi connectivity index (χ0n) is 13.5. The van der Waals surface area contributed by atoms with E-state index in [2.05, 4.69) is 10.2 Å². The van der Waals surface area contributed by atoms with Crippen molar-refractivity contribution in [1.29, 1.82) is 0 Å². The minimum Gasteiger partial charge on any atom is -0.337 e. The first-order valence-corrected chi connectivity index (χ1v) is 8.96. The lowest BCUT2D eigenvalue weighted by Gasteiger charge is -2.32. The molecule has 1 unspecified atom stereocenters. The molecule has 0 aromatic carbocycles. The van der Waals surface area contributed by atoms with E-state index >= 15 is 0 Å². The van der Waals surface area contributed by atoms with Crippen LogP contribution in [0.1, 0.15) is 34.3 Å². The first-order valence-electron chi connectivity index (χ1n) is 8.08. The fourth-order valence-corrected chi connectivity index (χ4v) is 4.20. The maximum absolute atomic E-state index is 13.1. The van der Waals surface area contributed by atoms with E-state index in [9.17, 15) is 4.79 Å². The zero-order chi connectivity index (χ0) is 16.5. The Labute approximate surface area is 144 Å². The minimum atomic E-state index is 0.112. The van der Waals surface area contributed by atoms with E-state index in [1.807, 2.05) is 57.1 Å². The molecule has 7 heteroatoms. The quantitative estimate of drug-likeness (QED) is 0.736. The van der Waals surface area contributed by atoms with Gasteiger partial charge in [-0.05, 0) is 36.4 Å². The molecule has 6 nitrogen and oxygen atoms in total.